The van der Waals surface area contributed by atoms with Crippen LogP contribution >= 0.6 is 11.3 Å². The highest BCUT2D eigenvalue weighted by molar-refractivity contribution is 7.26. The fourth-order valence-electron chi connectivity index (χ4n) is 8.62. The first-order chi connectivity index (χ1) is 26.3. The van der Waals surface area contributed by atoms with Crippen LogP contribution in [0, 0.1) is 0 Å². The van der Waals surface area contributed by atoms with Gasteiger partial charge in [0.05, 0.1) is 6.04 Å². The molecule has 2 atom stereocenters. The molecule has 0 bridgehead atoms. The number of hydrogen-bond donors (Lipinski definition) is 0. The van der Waals surface area contributed by atoms with E-state index in [1.165, 1.54) is 69.8 Å². The van der Waals surface area contributed by atoms with E-state index in [0.29, 0.717) is 5.92 Å². The lowest BCUT2D eigenvalue weighted by Crippen LogP contribution is -2.28. The predicted molar refractivity (Wildman–Crippen MR) is 228 cm³/mol. The van der Waals surface area contributed by atoms with Crippen molar-refractivity contribution in [2.24, 2.45) is 0 Å². The molecule has 3 heteroatoms. The topological polar surface area (TPSA) is 6.48 Å². The minimum absolute atomic E-state index is 0.214. The molecule has 9 aromatic rings. The molecule has 11 rings (SSSR count). The molecular weight excluding hydrogens is 661 g/mol. The quantitative estimate of drug-likeness (QED) is 0.177. The van der Waals surface area contributed by atoms with Gasteiger partial charge in [0.2, 0.25) is 0 Å². The maximum absolute atomic E-state index is 2.59. The highest BCUT2D eigenvalue weighted by atomic mass is 32.1. The van der Waals surface area contributed by atoms with Gasteiger partial charge in [-0.25, -0.2) is 0 Å². The summed E-state index contributed by atoms with van der Waals surface area (Å²) < 4.78 is 2.64. The zero-order valence-electron chi connectivity index (χ0n) is 28.9. The third kappa shape index (κ3) is 4.92. The number of thiophene rings is 1. The van der Waals surface area contributed by atoms with Crippen molar-refractivity contribution in [1.29, 1.82) is 0 Å². The van der Waals surface area contributed by atoms with E-state index in [9.17, 15) is 0 Å². The number of nitrogens with zero attached hydrogens (tertiary/aromatic N) is 2. The van der Waals surface area contributed by atoms with E-state index in [1.54, 1.807) is 0 Å². The molecule has 0 spiro atoms. The van der Waals surface area contributed by atoms with Crippen molar-refractivity contribution in [2.75, 3.05) is 9.80 Å². The third-order valence-electron chi connectivity index (χ3n) is 11.1. The largest absolute Gasteiger partial charge is 0.333 e. The Labute approximate surface area is 312 Å². The number of rotatable bonds is 5. The summed E-state index contributed by atoms with van der Waals surface area (Å²) >= 11 is 1.90. The summed E-state index contributed by atoms with van der Waals surface area (Å²) in [5.74, 6) is 0.302. The Bertz CT molecular complexity index is 2920. The predicted octanol–water partition coefficient (Wildman–Crippen LogP) is 14.2. The molecule has 1 aliphatic heterocycles. The minimum Gasteiger partial charge on any atom is -0.333 e. The van der Waals surface area contributed by atoms with Crippen LogP contribution in [0.5, 0.6) is 0 Å². The molecule has 2 heterocycles. The molecule has 8 aromatic carbocycles. The summed E-state index contributed by atoms with van der Waals surface area (Å²) in [5, 5.41) is 7.66. The maximum Gasteiger partial charge on any atom is 0.0629 e. The first-order valence-electron chi connectivity index (χ1n) is 18.3. The fraction of sp³-hybridized carbons (Fsp3) is 0.0400. The first kappa shape index (κ1) is 30.2. The number of hydrogen-bond acceptors (Lipinski definition) is 3. The van der Waals surface area contributed by atoms with E-state index >= 15 is 0 Å². The molecule has 0 saturated carbocycles. The summed E-state index contributed by atoms with van der Waals surface area (Å²) in [6.45, 7) is 0. The number of anilines is 5. The summed E-state index contributed by atoms with van der Waals surface area (Å²) in [6, 6.07) is 62.7. The minimum atomic E-state index is 0.214. The molecule has 2 unspecified atom stereocenters. The van der Waals surface area contributed by atoms with Gasteiger partial charge in [-0.2, -0.15) is 0 Å². The van der Waals surface area contributed by atoms with Crippen molar-refractivity contribution in [3.05, 3.63) is 200 Å². The Kier molecular flexibility index (Phi) is 6.89. The SMILES string of the molecule is C1=CC2c3cc4ccccc4cc3N(c3cc(-c4ccc(N(c5ccccc5)c5ccc6ccccc6c5)cc4)c4sc5ccccc5c4c3)C2C=C1. The van der Waals surface area contributed by atoms with Crippen LogP contribution in [-0.4, -0.2) is 6.04 Å². The molecule has 0 amide bonds. The monoisotopic (exact) mass is 694 g/mol. The first-order valence-corrected chi connectivity index (χ1v) is 19.2. The van der Waals surface area contributed by atoms with E-state index in [4.69, 9.17) is 0 Å². The van der Waals surface area contributed by atoms with Crippen LogP contribution in [0.4, 0.5) is 28.4 Å². The van der Waals surface area contributed by atoms with Gasteiger partial charge >= 0.3 is 0 Å². The maximum atomic E-state index is 2.59. The molecule has 2 nitrogen and oxygen atoms in total. The van der Waals surface area contributed by atoms with Crippen LogP contribution in [0.2, 0.25) is 0 Å². The molecule has 53 heavy (non-hydrogen) atoms. The van der Waals surface area contributed by atoms with Crippen LogP contribution in [0.25, 0.3) is 52.8 Å². The third-order valence-corrected chi connectivity index (χ3v) is 12.3. The molecule has 1 aliphatic carbocycles. The van der Waals surface area contributed by atoms with Crippen molar-refractivity contribution < 1.29 is 0 Å². The van der Waals surface area contributed by atoms with Crippen LogP contribution in [0.1, 0.15) is 11.5 Å². The number of benzene rings is 8. The van der Waals surface area contributed by atoms with E-state index in [1.807, 2.05) is 11.3 Å². The van der Waals surface area contributed by atoms with Crippen LogP contribution in [0.3, 0.4) is 0 Å². The molecule has 0 saturated heterocycles. The van der Waals surface area contributed by atoms with E-state index in [-0.39, 0.29) is 6.04 Å². The van der Waals surface area contributed by atoms with Crippen molar-refractivity contribution in [3.8, 4) is 11.1 Å². The normalized spacial score (nSPS) is 16.1. The second-order valence-electron chi connectivity index (χ2n) is 14.1. The van der Waals surface area contributed by atoms with Gasteiger partial charge in [0.1, 0.15) is 0 Å². The van der Waals surface area contributed by atoms with Gasteiger partial charge in [0, 0.05) is 60.1 Å². The van der Waals surface area contributed by atoms with E-state index in [2.05, 4.69) is 204 Å². The van der Waals surface area contributed by atoms with Crippen LogP contribution < -0.4 is 9.80 Å². The van der Waals surface area contributed by atoms with Gasteiger partial charge in [0.25, 0.3) is 0 Å². The molecule has 1 aromatic heterocycles. The zero-order valence-corrected chi connectivity index (χ0v) is 29.7. The van der Waals surface area contributed by atoms with Crippen molar-refractivity contribution in [3.63, 3.8) is 0 Å². The summed E-state index contributed by atoms with van der Waals surface area (Å²) in [7, 11) is 0. The zero-order chi connectivity index (χ0) is 34.9. The standard InChI is InChI=1S/C50H34N2S/c1-2-16-38(17-3-1)51(40-27-22-33-12-4-5-13-35(33)28-40)39-25-23-34(24-26-39)44-31-41(32-46-43-19-9-11-21-49(43)53-50(44)46)52-47-20-10-8-18-42(47)45-29-36-14-6-7-15-37(36)30-48(45)52/h1-32,42,47H. The van der Waals surface area contributed by atoms with Crippen molar-refractivity contribution in [1.82, 2.24) is 0 Å². The molecule has 0 fully saturated rings. The Hall–Kier alpha value is -6.42. The number of fused-ring (bicyclic) bond motifs is 8. The van der Waals surface area contributed by atoms with Crippen molar-refractivity contribution >= 4 is 81.5 Å². The number of allylic oxidation sites excluding steroid dienone is 2. The van der Waals surface area contributed by atoms with E-state index < -0.39 is 0 Å². The van der Waals surface area contributed by atoms with Gasteiger partial charge in [-0.3, -0.25) is 0 Å². The Morgan fingerprint density at radius 3 is 1.98 bits per heavy atom. The lowest BCUT2D eigenvalue weighted by atomic mass is 9.90. The van der Waals surface area contributed by atoms with Crippen molar-refractivity contribution in [2.45, 2.75) is 12.0 Å². The van der Waals surface area contributed by atoms with Gasteiger partial charge in [0.15, 0.2) is 0 Å². The van der Waals surface area contributed by atoms with Gasteiger partial charge in [-0.1, -0.05) is 127 Å². The highest BCUT2D eigenvalue weighted by Gasteiger charge is 2.38. The number of para-hydroxylation sites is 1. The molecule has 0 N–H and O–H groups in total. The van der Waals surface area contributed by atoms with Gasteiger partial charge in [-0.15, -0.1) is 11.3 Å². The molecule has 2 aliphatic rings. The Morgan fingerprint density at radius 2 is 1.15 bits per heavy atom. The summed E-state index contributed by atoms with van der Waals surface area (Å²) in [4.78, 5) is 4.95. The lowest BCUT2D eigenvalue weighted by molar-refractivity contribution is 0.745. The van der Waals surface area contributed by atoms with Crippen LogP contribution in [0.15, 0.2) is 194 Å². The molecular formula is C50H34N2S. The highest BCUT2D eigenvalue weighted by Crippen LogP contribution is 2.52. The second-order valence-corrected chi connectivity index (χ2v) is 15.2. The van der Waals surface area contributed by atoms with E-state index in [0.717, 1.165) is 17.1 Å². The second kappa shape index (κ2) is 12.1. The average molecular weight is 695 g/mol. The molecule has 0 radical (unpaired) electrons. The average Bonchev–Trinajstić information content (AvgIpc) is 3.76. The lowest BCUT2D eigenvalue weighted by Gasteiger charge is -2.29. The fourth-order valence-corrected chi connectivity index (χ4v) is 9.84. The smallest absolute Gasteiger partial charge is 0.0629 e. The van der Waals surface area contributed by atoms with Gasteiger partial charge in [-0.05, 0) is 99.4 Å². The van der Waals surface area contributed by atoms with Gasteiger partial charge < -0.3 is 9.80 Å². The Balaban J connectivity index is 1.08. The summed E-state index contributed by atoms with van der Waals surface area (Å²) in [5.41, 5.74) is 9.80. The summed E-state index contributed by atoms with van der Waals surface area (Å²) in [6.07, 6.45) is 9.18. The van der Waals surface area contributed by atoms with Crippen LogP contribution in [-0.2, 0) is 0 Å². The molecule has 250 valence electrons. The Morgan fingerprint density at radius 1 is 0.491 bits per heavy atom.